The summed E-state index contributed by atoms with van der Waals surface area (Å²) < 4.78 is 0. The standard InChI is InChI=1S/2C3H7NO2S2/c2*4-3(8,1-7)2(5)6/h2*7-8H,1,4H2,(H,5,6). The highest BCUT2D eigenvalue weighted by Crippen LogP contribution is 2.07. The van der Waals surface area contributed by atoms with Crippen molar-refractivity contribution < 1.29 is 19.8 Å². The van der Waals surface area contributed by atoms with Gasteiger partial charge >= 0.3 is 11.9 Å². The Hall–Kier alpha value is 0.260. The third-order valence-electron chi connectivity index (χ3n) is 1.22. The molecule has 0 saturated carbocycles. The van der Waals surface area contributed by atoms with E-state index in [0.29, 0.717) is 0 Å². The number of carboxylic acid groups (broad SMARTS) is 2. The maximum Gasteiger partial charge on any atom is 0.334 e. The molecule has 0 saturated heterocycles. The van der Waals surface area contributed by atoms with Crippen LogP contribution >= 0.6 is 50.5 Å². The van der Waals surface area contributed by atoms with Crippen LogP contribution < -0.4 is 11.5 Å². The predicted octanol–water partition coefficient (Wildman–Crippen LogP) is -0.829. The highest BCUT2D eigenvalue weighted by molar-refractivity contribution is 7.86. The highest BCUT2D eigenvalue weighted by atomic mass is 32.1. The highest BCUT2D eigenvalue weighted by Gasteiger charge is 2.27. The van der Waals surface area contributed by atoms with Gasteiger partial charge < -0.3 is 21.7 Å². The smallest absolute Gasteiger partial charge is 0.334 e. The maximum absolute atomic E-state index is 10.0. The summed E-state index contributed by atoms with van der Waals surface area (Å²) in [7, 11) is 0. The van der Waals surface area contributed by atoms with Crippen LogP contribution in [0.1, 0.15) is 0 Å². The minimum absolute atomic E-state index is 0.0193. The van der Waals surface area contributed by atoms with Crippen molar-refractivity contribution in [3.8, 4) is 0 Å². The number of hydrogen-bond acceptors (Lipinski definition) is 8. The van der Waals surface area contributed by atoms with Gasteiger partial charge in [0.05, 0.1) is 0 Å². The average Bonchev–Trinajstić information content (AvgIpc) is 2.18. The molecule has 0 bridgehead atoms. The SMILES string of the molecule is NC(S)(CS)C(=O)O.NC(S)(CS)C(=O)O. The fraction of sp³-hybridized carbons (Fsp3) is 0.667. The molecule has 6 N–H and O–H groups in total. The second-order valence-corrected chi connectivity index (χ2v) is 5.00. The van der Waals surface area contributed by atoms with E-state index in [4.69, 9.17) is 21.7 Å². The maximum atomic E-state index is 10.0. The number of thiol groups is 4. The quantitative estimate of drug-likeness (QED) is 0.253. The summed E-state index contributed by atoms with van der Waals surface area (Å²) in [4.78, 5) is 17.0. The van der Waals surface area contributed by atoms with Gasteiger partial charge in [-0.2, -0.15) is 25.3 Å². The van der Waals surface area contributed by atoms with E-state index in [1.807, 2.05) is 0 Å². The minimum Gasteiger partial charge on any atom is -0.479 e. The molecular weight excluding hydrogens is 292 g/mol. The molecule has 0 fully saturated rings. The van der Waals surface area contributed by atoms with Gasteiger partial charge in [-0.15, -0.1) is 25.3 Å². The van der Waals surface area contributed by atoms with Gasteiger partial charge in [-0.1, -0.05) is 0 Å². The number of rotatable bonds is 4. The minimum atomic E-state index is -1.48. The largest absolute Gasteiger partial charge is 0.479 e. The number of aliphatic carboxylic acids is 2. The predicted molar refractivity (Wildman–Crippen MR) is 74.8 cm³/mol. The molecule has 10 heteroatoms. The topological polar surface area (TPSA) is 127 Å². The molecule has 0 aliphatic rings. The van der Waals surface area contributed by atoms with E-state index in [1.54, 1.807) is 0 Å². The van der Waals surface area contributed by atoms with Crippen molar-refractivity contribution in [2.75, 3.05) is 11.5 Å². The summed E-state index contributed by atoms with van der Waals surface area (Å²) in [5, 5.41) is 16.4. The molecule has 0 aromatic rings. The van der Waals surface area contributed by atoms with Crippen LogP contribution in [0.25, 0.3) is 0 Å². The third kappa shape index (κ3) is 7.52. The summed E-state index contributed by atoms with van der Waals surface area (Å²) in [6, 6.07) is 0. The second kappa shape index (κ2) is 7.56. The first-order valence-corrected chi connectivity index (χ1v) is 5.88. The number of carbonyl (C=O) groups is 2. The molecule has 0 aliphatic carbocycles. The van der Waals surface area contributed by atoms with Crippen LogP contribution in [0.3, 0.4) is 0 Å². The second-order valence-electron chi connectivity index (χ2n) is 2.78. The molecule has 0 aromatic carbocycles. The third-order valence-corrected chi connectivity index (χ3v) is 3.42. The van der Waals surface area contributed by atoms with E-state index in [9.17, 15) is 9.59 Å². The zero-order valence-electron chi connectivity index (χ0n) is 8.07. The van der Waals surface area contributed by atoms with Crippen molar-refractivity contribution in [3.63, 3.8) is 0 Å². The Bertz CT molecular complexity index is 233. The van der Waals surface area contributed by atoms with Gasteiger partial charge in [0.25, 0.3) is 0 Å². The van der Waals surface area contributed by atoms with Crippen LogP contribution in [-0.4, -0.2) is 43.4 Å². The van der Waals surface area contributed by atoms with E-state index < -0.39 is 21.7 Å². The zero-order valence-corrected chi connectivity index (χ0v) is 11.6. The molecule has 0 amide bonds. The Morgan fingerprint density at radius 1 is 0.938 bits per heavy atom. The van der Waals surface area contributed by atoms with E-state index in [0.717, 1.165) is 0 Å². The molecule has 0 aliphatic heterocycles. The van der Waals surface area contributed by atoms with Gasteiger partial charge in [0.2, 0.25) is 0 Å². The first kappa shape index (κ1) is 18.6. The molecule has 2 unspecified atom stereocenters. The molecule has 0 heterocycles. The van der Waals surface area contributed by atoms with Gasteiger partial charge in [0.1, 0.15) is 0 Å². The van der Waals surface area contributed by atoms with Crippen LogP contribution in [0, 0.1) is 0 Å². The van der Waals surface area contributed by atoms with E-state index in [-0.39, 0.29) is 11.5 Å². The lowest BCUT2D eigenvalue weighted by atomic mass is 10.4. The van der Waals surface area contributed by atoms with Crippen LogP contribution in [0.4, 0.5) is 0 Å². The summed E-state index contributed by atoms with van der Waals surface area (Å²) in [5.74, 6) is -2.27. The molecule has 96 valence electrons. The van der Waals surface area contributed by atoms with Gasteiger partial charge in [-0.05, 0) is 0 Å². The van der Waals surface area contributed by atoms with Gasteiger partial charge in [0.15, 0.2) is 9.74 Å². The van der Waals surface area contributed by atoms with Crippen molar-refractivity contribution in [2.24, 2.45) is 11.5 Å². The van der Waals surface area contributed by atoms with Crippen LogP contribution in [-0.2, 0) is 9.59 Å². The number of hydrogen-bond donors (Lipinski definition) is 8. The first-order chi connectivity index (χ1) is 7.01. The Balaban J connectivity index is 0. The molecule has 16 heavy (non-hydrogen) atoms. The Kier molecular flexibility index (Phi) is 8.80. The molecule has 0 spiro atoms. The molecule has 2 atom stereocenters. The van der Waals surface area contributed by atoms with Crippen LogP contribution in [0.2, 0.25) is 0 Å². The summed E-state index contributed by atoms with van der Waals surface area (Å²) in [6.45, 7) is 0. The van der Waals surface area contributed by atoms with Crippen LogP contribution in [0.5, 0.6) is 0 Å². The Morgan fingerprint density at radius 3 is 1.12 bits per heavy atom. The lowest BCUT2D eigenvalue weighted by molar-refractivity contribution is -0.139. The fourth-order valence-electron chi connectivity index (χ4n) is 0.135. The molecule has 6 nitrogen and oxygen atoms in total. The van der Waals surface area contributed by atoms with Crippen molar-refractivity contribution in [3.05, 3.63) is 0 Å². The lowest BCUT2D eigenvalue weighted by Gasteiger charge is -2.13. The van der Waals surface area contributed by atoms with E-state index in [2.05, 4.69) is 50.5 Å². The molecular formula is C6H14N2O4S4. The van der Waals surface area contributed by atoms with Crippen molar-refractivity contribution >= 4 is 62.5 Å². The van der Waals surface area contributed by atoms with Crippen molar-refractivity contribution in [1.29, 1.82) is 0 Å². The number of nitrogens with two attached hydrogens (primary N) is 2. The van der Waals surface area contributed by atoms with Crippen molar-refractivity contribution in [2.45, 2.75) is 9.74 Å². The van der Waals surface area contributed by atoms with Gasteiger partial charge in [-0.3, -0.25) is 0 Å². The molecule has 0 rings (SSSR count). The Morgan fingerprint density at radius 2 is 1.12 bits per heavy atom. The van der Waals surface area contributed by atoms with E-state index >= 15 is 0 Å². The van der Waals surface area contributed by atoms with Crippen molar-refractivity contribution in [1.82, 2.24) is 0 Å². The first-order valence-electron chi connectivity index (χ1n) is 3.72. The lowest BCUT2D eigenvalue weighted by Crippen LogP contribution is -2.44. The zero-order chi connectivity index (χ0) is 13.6. The number of carboxylic acids is 2. The molecule has 0 radical (unpaired) electrons. The monoisotopic (exact) mass is 306 g/mol. The normalized spacial score (nSPS) is 17.4. The van der Waals surface area contributed by atoms with Gasteiger partial charge in [0, 0.05) is 11.5 Å². The molecule has 0 aromatic heterocycles. The fourth-order valence-corrected chi connectivity index (χ4v) is 0.406. The summed E-state index contributed by atoms with van der Waals surface area (Å²) >= 11 is 14.5. The summed E-state index contributed by atoms with van der Waals surface area (Å²) in [6.07, 6.45) is 0. The average molecular weight is 306 g/mol. The van der Waals surface area contributed by atoms with Crippen LogP contribution in [0.15, 0.2) is 0 Å². The summed E-state index contributed by atoms with van der Waals surface area (Å²) in [5.41, 5.74) is 10.1. The van der Waals surface area contributed by atoms with E-state index in [1.165, 1.54) is 0 Å². The van der Waals surface area contributed by atoms with Gasteiger partial charge in [-0.25, -0.2) is 9.59 Å². The Labute approximate surface area is 115 Å².